The first-order chi connectivity index (χ1) is 23.7. The quantitative estimate of drug-likeness (QED) is 0.199. The van der Waals surface area contributed by atoms with E-state index in [9.17, 15) is 27.9 Å². The van der Waals surface area contributed by atoms with Gasteiger partial charge in [-0.3, -0.25) is 9.69 Å². The number of hydrogen-bond donors (Lipinski definition) is 5. The van der Waals surface area contributed by atoms with Gasteiger partial charge in [0.05, 0.1) is 24.9 Å². The third-order valence-corrected chi connectivity index (χ3v) is 9.69. The molecule has 6 heterocycles. The number of rotatable bonds is 4. The maximum absolute atomic E-state index is 15.6. The molecule has 1 aliphatic carbocycles. The molecule has 0 radical (unpaired) electrons. The van der Waals surface area contributed by atoms with Crippen molar-refractivity contribution in [3.63, 3.8) is 0 Å². The first-order valence-corrected chi connectivity index (χ1v) is 16.0. The Morgan fingerprint density at radius 2 is 1.82 bits per heavy atom. The molecule has 1 aromatic carbocycles. The third kappa shape index (κ3) is 6.28. The Morgan fingerprint density at radius 3 is 2.48 bits per heavy atom. The van der Waals surface area contributed by atoms with Crippen LogP contribution in [0.2, 0.25) is 0 Å². The van der Waals surface area contributed by atoms with Gasteiger partial charge in [0, 0.05) is 32.5 Å². The maximum Gasteiger partial charge on any atom is 0.448 e. The number of aliphatic hydroxyl groups excluding tert-OH is 2. The minimum atomic E-state index is -4.64. The number of alkyl halides is 3. The van der Waals surface area contributed by atoms with E-state index in [4.69, 9.17) is 14.6 Å². The minimum Gasteiger partial charge on any atom is -0.505 e. The number of carbonyl (C=O) groups excluding carboxylic acids is 2. The molecule has 1 spiro atoms. The Hall–Kier alpha value is -4.62. The topological polar surface area (TPSA) is 178 Å². The number of fused-ring (bicyclic) bond motifs is 3. The number of aromatic amines is 1. The fourth-order valence-corrected chi connectivity index (χ4v) is 7.14. The van der Waals surface area contributed by atoms with Crippen molar-refractivity contribution in [2.75, 3.05) is 49.5 Å². The first kappa shape index (κ1) is 33.9. The Kier molecular flexibility index (Phi) is 8.54. The van der Waals surface area contributed by atoms with Crippen molar-refractivity contribution < 1.29 is 51.2 Å². The summed E-state index contributed by atoms with van der Waals surface area (Å²) >= 11 is 0. The number of benzene rings is 1. The highest BCUT2D eigenvalue weighted by atomic mass is 19.4. The second-order valence-electron chi connectivity index (χ2n) is 13.1. The lowest BCUT2D eigenvalue weighted by Crippen LogP contribution is -2.48. The number of allylic oxidation sites excluding steroid dienone is 1. The molecular formula is C31H33F5N8O6. The van der Waals surface area contributed by atoms with E-state index in [0.29, 0.717) is 81.8 Å². The Morgan fingerprint density at radius 1 is 1.12 bits per heavy atom. The SMILES string of the molecule is C=C(O)C(F)(F)F.O=C1COc2ncc(N3CC4(CCN(CC5Cc6c(c(F)c7[nH]c([C@H]8NCCC8O)nc7c6F)C5)CC4)OC3=O)nc2N1. The monoisotopic (exact) mass is 708 g/mol. The lowest BCUT2D eigenvalue weighted by Gasteiger charge is -2.38. The molecule has 4 aliphatic heterocycles. The second-order valence-corrected chi connectivity index (χ2v) is 13.1. The zero-order valence-corrected chi connectivity index (χ0v) is 26.4. The van der Waals surface area contributed by atoms with Crippen LogP contribution >= 0.6 is 0 Å². The minimum absolute atomic E-state index is 0.0150. The van der Waals surface area contributed by atoms with Crippen LogP contribution in [0.1, 0.15) is 42.3 Å². The van der Waals surface area contributed by atoms with E-state index in [1.54, 1.807) is 0 Å². The van der Waals surface area contributed by atoms with Gasteiger partial charge in [-0.1, -0.05) is 6.58 Å². The highest BCUT2D eigenvalue weighted by Gasteiger charge is 2.48. The van der Waals surface area contributed by atoms with Gasteiger partial charge < -0.3 is 40.2 Å². The summed E-state index contributed by atoms with van der Waals surface area (Å²) < 4.78 is 74.8. The van der Waals surface area contributed by atoms with Crippen molar-refractivity contribution in [3.8, 4) is 5.88 Å². The molecule has 14 nitrogen and oxygen atoms in total. The highest BCUT2D eigenvalue weighted by molar-refractivity contribution is 5.95. The number of likely N-dealkylation sites (tertiary alicyclic amines) is 1. The van der Waals surface area contributed by atoms with Crippen LogP contribution in [0.5, 0.6) is 5.88 Å². The smallest absolute Gasteiger partial charge is 0.448 e. The summed E-state index contributed by atoms with van der Waals surface area (Å²) in [5.74, 6) is -2.02. The van der Waals surface area contributed by atoms with Gasteiger partial charge in [0.25, 0.3) is 11.8 Å². The summed E-state index contributed by atoms with van der Waals surface area (Å²) in [4.78, 5) is 44.0. The molecule has 3 atom stereocenters. The number of aliphatic hydroxyl groups is 2. The number of amides is 2. The molecule has 3 fully saturated rings. The number of imidazole rings is 1. The van der Waals surface area contributed by atoms with E-state index in [1.807, 2.05) is 0 Å². The van der Waals surface area contributed by atoms with E-state index in [-0.39, 0.29) is 47.0 Å². The lowest BCUT2D eigenvalue weighted by atomic mass is 9.90. The van der Waals surface area contributed by atoms with Crippen molar-refractivity contribution in [3.05, 3.63) is 47.1 Å². The molecule has 0 bridgehead atoms. The van der Waals surface area contributed by atoms with Crippen LogP contribution in [0, 0.1) is 17.6 Å². The van der Waals surface area contributed by atoms with Crippen LogP contribution in [0.3, 0.4) is 0 Å². The average molecular weight is 709 g/mol. The van der Waals surface area contributed by atoms with Gasteiger partial charge in [-0.25, -0.2) is 28.5 Å². The summed E-state index contributed by atoms with van der Waals surface area (Å²) in [6.07, 6.45) is -1.78. The summed E-state index contributed by atoms with van der Waals surface area (Å²) in [6, 6.07) is -0.467. The highest BCUT2D eigenvalue weighted by Crippen LogP contribution is 2.40. The molecular weight excluding hydrogens is 675 g/mol. The van der Waals surface area contributed by atoms with Crippen LogP contribution in [-0.4, -0.2) is 104 Å². The van der Waals surface area contributed by atoms with Crippen LogP contribution < -0.4 is 20.3 Å². The summed E-state index contributed by atoms with van der Waals surface area (Å²) in [6.45, 7) is 5.05. The van der Waals surface area contributed by atoms with Gasteiger partial charge in [-0.15, -0.1) is 0 Å². The third-order valence-electron chi connectivity index (χ3n) is 9.69. The van der Waals surface area contributed by atoms with Gasteiger partial charge in [0.15, 0.2) is 35.6 Å². The second kappa shape index (κ2) is 12.6. The zero-order chi connectivity index (χ0) is 35.5. The molecule has 2 aromatic heterocycles. The number of nitrogens with zero attached hydrogens (tertiary/aromatic N) is 5. The number of H-pyrrole nitrogens is 1. The largest absolute Gasteiger partial charge is 0.505 e. The number of halogens is 5. The number of nitrogens with one attached hydrogen (secondary N) is 3. The van der Waals surface area contributed by atoms with Crippen LogP contribution in [0.4, 0.5) is 38.4 Å². The molecule has 8 rings (SSSR count). The summed E-state index contributed by atoms with van der Waals surface area (Å²) in [5.41, 5.74) is 0.144. The molecule has 2 amide bonds. The molecule has 3 saturated heterocycles. The lowest BCUT2D eigenvalue weighted by molar-refractivity contribution is -0.120. The number of ether oxygens (including phenoxy) is 2. The first-order valence-electron chi connectivity index (χ1n) is 16.0. The standard InChI is InChI=1S/C28H30F2N8O5.C3H3F3O/c29-19-14-7-13(8-15(14)20(30)23-22(19)35-24(36-23)21-16(39)1-4-31-21)10-37-5-2-28(3-6-37)12-38(27(41)43-28)17-9-32-26-25(33-17)34-18(40)11-42-26;1-2(7)3(4,5)6/h9,13,16,21,31,39H,1-8,10-12H2,(H,35,36)(H,33,34,40);7H,1H2/t16?,21-;/m0./s1. The van der Waals surface area contributed by atoms with Crippen molar-refractivity contribution in [1.29, 1.82) is 0 Å². The van der Waals surface area contributed by atoms with E-state index in [1.165, 1.54) is 11.1 Å². The number of piperidine rings is 1. The van der Waals surface area contributed by atoms with Crippen LogP contribution in [0.15, 0.2) is 18.5 Å². The van der Waals surface area contributed by atoms with Gasteiger partial charge >= 0.3 is 12.3 Å². The number of aromatic nitrogens is 4. The van der Waals surface area contributed by atoms with Gasteiger partial charge in [0.2, 0.25) is 0 Å². The molecule has 5 aliphatic rings. The average Bonchev–Trinajstić information content (AvgIpc) is 3.86. The predicted molar refractivity (Wildman–Crippen MR) is 164 cm³/mol. The summed E-state index contributed by atoms with van der Waals surface area (Å²) in [5, 5.41) is 23.5. The molecule has 2 unspecified atom stereocenters. The maximum atomic E-state index is 15.6. The van der Waals surface area contributed by atoms with E-state index < -0.39 is 47.4 Å². The summed E-state index contributed by atoms with van der Waals surface area (Å²) in [7, 11) is 0. The zero-order valence-electron chi connectivity index (χ0n) is 26.4. The normalized spacial score (nSPS) is 23.3. The molecule has 19 heteroatoms. The van der Waals surface area contributed by atoms with Gasteiger partial charge in [-0.2, -0.15) is 13.2 Å². The predicted octanol–water partition coefficient (Wildman–Crippen LogP) is 3.18. The Bertz CT molecular complexity index is 1810. The van der Waals surface area contributed by atoms with Gasteiger partial charge in [-0.05, 0) is 42.9 Å². The number of carbonyl (C=O) groups is 2. The van der Waals surface area contributed by atoms with E-state index in [2.05, 4.69) is 42.0 Å². The van der Waals surface area contributed by atoms with Crippen molar-refractivity contribution in [1.82, 2.24) is 30.2 Å². The van der Waals surface area contributed by atoms with Crippen LogP contribution in [0.25, 0.3) is 11.0 Å². The number of hydrogen-bond acceptors (Lipinski definition) is 11. The molecule has 3 aromatic rings. The molecule has 268 valence electrons. The van der Waals surface area contributed by atoms with Crippen molar-refractivity contribution >= 4 is 34.7 Å². The van der Waals surface area contributed by atoms with E-state index in [0.717, 1.165) is 0 Å². The van der Waals surface area contributed by atoms with Crippen LogP contribution in [-0.2, 0) is 22.4 Å². The molecule has 0 saturated carbocycles. The van der Waals surface area contributed by atoms with Crippen molar-refractivity contribution in [2.24, 2.45) is 5.92 Å². The fourth-order valence-electron chi connectivity index (χ4n) is 7.14. The molecule has 50 heavy (non-hydrogen) atoms. The Balaban J connectivity index is 0.000000510. The van der Waals surface area contributed by atoms with E-state index >= 15 is 8.78 Å². The number of anilines is 2. The van der Waals surface area contributed by atoms with Gasteiger partial charge in [0.1, 0.15) is 22.5 Å². The Labute approximate surface area is 280 Å². The fraction of sp³-hybridized carbons (Fsp3) is 0.516. The van der Waals surface area contributed by atoms with Crippen molar-refractivity contribution in [2.45, 2.75) is 56.0 Å². The molecule has 5 N–H and O–H groups in total.